The maximum Gasteiger partial charge on any atom is 0.257 e. The lowest BCUT2D eigenvalue weighted by atomic mass is 9.49. The smallest absolute Gasteiger partial charge is 0.257 e. The van der Waals surface area contributed by atoms with Crippen molar-refractivity contribution >= 4 is 17.5 Å². The Morgan fingerprint density at radius 3 is 2.27 bits per heavy atom. The summed E-state index contributed by atoms with van der Waals surface area (Å²) in [7, 11) is 1.59. The second-order valence-electron chi connectivity index (χ2n) is 8.25. The zero-order valence-electron chi connectivity index (χ0n) is 15.2. The lowest BCUT2D eigenvalue weighted by Gasteiger charge is -2.55. The van der Waals surface area contributed by atoms with Crippen LogP contribution in [0.15, 0.2) is 24.3 Å². The molecule has 4 fully saturated rings. The summed E-state index contributed by atoms with van der Waals surface area (Å²) in [5.41, 5.74) is 5.76. The van der Waals surface area contributed by atoms with E-state index in [2.05, 4.69) is 16.2 Å². The monoisotopic (exact) mass is 357 g/mol. The lowest BCUT2D eigenvalue weighted by molar-refractivity contribution is -0.148. The first kappa shape index (κ1) is 17.2. The first-order chi connectivity index (χ1) is 12.6. The van der Waals surface area contributed by atoms with Gasteiger partial charge in [-0.3, -0.25) is 20.4 Å². The molecule has 0 saturated heterocycles. The van der Waals surface area contributed by atoms with E-state index in [0.717, 1.165) is 24.9 Å². The summed E-state index contributed by atoms with van der Waals surface area (Å²) in [5.74, 6) is 2.52. The summed E-state index contributed by atoms with van der Waals surface area (Å²) in [5, 5.41) is 3.03. The largest absolute Gasteiger partial charge is 0.495 e. The summed E-state index contributed by atoms with van der Waals surface area (Å²) >= 11 is 0. The molecule has 6 heteroatoms. The number of anilines is 1. The van der Waals surface area contributed by atoms with Crippen LogP contribution < -0.4 is 20.9 Å². The van der Waals surface area contributed by atoms with E-state index in [9.17, 15) is 9.59 Å². The van der Waals surface area contributed by atoms with Crippen molar-refractivity contribution in [3.05, 3.63) is 24.3 Å². The van der Waals surface area contributed by atoms with E-state index < -0.39 is 0 Å². The molecule has 0 aliphatic heterocycles. The molecule has 0 radical (unpaired) electrons. The summed E-state index contributed by atoms with van der Waals surface area (Å²) in [6, 6.07) is 7.42. The third kappa shape index (κ3) is 3.24. The standard InChI is InChI=1S/C20H27N3O3/c1-26-17-5-3-2-4-16(17)21-12-18(24)22-23-19(25)20-9-13-6-14(10-20)8-15(7-13)11-20/h2-5,13-15,21H,6-12H2,1H3,(H,22,24)(H,23,25). The van der Waals surface area contributed by atoms with Gasteiger partial charge in [-0.05, 0) is 68.4 Å². The average molecular weight is 357 g/mol. The molecule has 0 heterocycles. The molecule has 26 heavy (non-hydrogen) atoms. The number of hydrogen-bond acceptors (Lipinski definition) is 4. The lowest BCUT2D eigenvalue weighted by Crippen LogP contribution is -2.57. The van der Waals surface area contributed by atoms with Gasteiger partial charge in [0.15, 0.2) is 0 Å². The molecule has 0 aromatic heterocycles. The van der Waals surface area contributed by atoms with Gasteiger partial charge in [-0.2, -0.15) is 0 Å². The fourth-order valence-corrected chi connectivity index (χ4v) is 5.66. The minimum atomic E-state index is -0.269. The molecule has 140 valence electrons. The number of ether oxygens (including phenoxy) is 1. The molecular formula is C20H27N3O3. The van der Waals surface area contributed by atoms with Crippen molar-refractivity contribution in [2.45, 2.75) is 38.5 Å². The van der Waals surface area contributed by atoms with Crippen LogP contribution in [-0.2, 0) is 9.59 Å². The number of para-hydroxylation sites is 2. The van der Waals surface area contributed by atoms with E-state index in [1.54, 1.807) is 7.11 Å². The van der Waals surface area contributed by atoms with Crippen LogP contribution in [0.3, 0.4) is 0 Å². The average Bonchev–Trinajstić information content (AvgIpc) is 2.63. The molecule has 6 nitrogen and oxygen atoms in total. The number of rotatable bonds is 5. The van der Waals surface area contributed by atoms with Gasteiger partial charge in [-0.25, -0.2) is 0 Å². The van der Waals surface area contributed by atoms with Crippen molar-refractivity contribution in [3.8, 4) is 5.75 Å². The van der Waals surface area contributed by atoms with E-state index in [1.807, 2.05) is 24.3 Å². The van der Waals surface area contributed by atoms with E-state index in [0.29, 0.717) is 23.5 Å². The minimum Gasteiger partial charge on any atom is -0.495 e. The number of carbonyl (C=O) groups excluding carboxylic acids is 2. The van der Waals surface area contributed by atoms with Gasteiger partial charge >= 0.3 is 0 Å². The number of hydrazine groups is 1. The highest BCUT2D eigenvalue weighted by atomic mass is 16.5. The fraction of sp³-hybridized carbons (Fsp3) is 0.600. The minimum absolute atomic E-state index is 0.00208. The van der Waals surface area contributed by atoms with E-state index in [-0.39, 0.29) is 23.8 Å². The summed E-state index contributed by atoms with van der Waals surface area (Å²) in [4.78, 5) is 24.9. The Hall–Kier alpha value is -2.24. The highest BCUT2D eigenvalue weighted by Gasteiger charge is 2.54. The zero-order valence-corrected chi connectivity index (χ0v) is 15.2. The van der Waals surface area contributed by atoms with Gasteiger partial charge in [-0.1, -0.05) is 12.1 Å². The van der Waals surface area contributed by atoms with Crippen LogP contribution in [0.4, 0.5) is 5.69 Å². The van der Waals surface area contributed by atoms with Gasteiger partial charge < -0.3 is 10.1 Å². The highest BCUT2D eigenvalue weighted by molar-refractivity contribution is 5.87. The van der Waals surface area contributed by atoms with Crippen LogP contribution in [-0.4, -0.2) is 25.5 Å². The highest BCUT2D eigenvalue weighted by Crippen LogP contribution is 2.60. The summed E-state index contributed by atoms with van der Waals surface area (Å²) in [6.07, 6.45) is 6.84. The van der Waals surface area contributed by atoms with Crippen LogP contribution in [0.1, 0.15) is 38.5 Å². The van der Waals surface area contributed by atoms with Gasteiger partial charge in [0.05, 0.1) is 24.8 Å². The Balaban J connectivity index is 1.29. The molecule has 4 aliphatic carbocycles. The normalized spacial score (nSPS) is 31.3. The van der Waals surface area contributed by atoms with Gasteiger partial charge in [-0.15, -0.1) is 0 Å². The van der Waals surface area contributed by atoms with Gasteiger partial charge in [0, 0.05) is 0 Å². The number of carbonyl (C=O) groups is 2. The first-order valence-corrected chi connectivity index (χ1v) is 9.54. The quantitative estimate of drug-likeness (QED) is 0.708. The SMILES string of the molecule is COc1ccccc1NCC(=O)NNC(=O)C12CC3CC(CC(C3)C1)C2. The molecular weight excluding hydrogens is 330 g/mol. The molecule has 4 aliphatic rings. The predicted molar refractivity (Wildman–Crippen MR) is 98.4 cm³/mol. The molecule has 2 amide bonds. The first-order valence-electron chi connectivity index (χ1n) is 9.54. The molecule has 4 bridgehead atoms. The van der Waals surface area contributed by atoms with Crippen LogP contribution in [0.5, 0.6) is 5.75 Å². The van der Waals surface area contributed by atoms with E-state index in [1.165, 1.54) is 19.3 Å². The molecule has 0 unspecified atom stereocenters. The third-order valence-electron chi connectivity index (χ3n) is 6.38. The summed E-state index contributed by atoms with van der Waals surface area (Å²) in [6.45, 7) is 0.0710. The molecule has 5 rings (SSSR count). The van der Waals surface area contributed by atoms with Gasteiger partial charge in [0.1, 0.15) is 5.75 Å². The van der Waals surface area contributed by atoms with Crippen LogP contribution in [0, 0.1) is 23.2 Å². The number of hydrogen-bond donors (Lipinski definition) is 3. The van der Waals surface area contributed by atoms with Crippen molar-refractivity contribution in [1.82, 2.24) is 10.9 Å². The Kier molecular flexibility index (Phi) is 4.51. The van der Waals surface area contributed by atoms with Crippen molar-refractivity contribution in [3.63, 3.8) is 0 Å². The number of amides is 2. The molecule has 0 atom stereocenters. The maximum atomic E-state index is 12.8. The van der Waals surface area contributed by atoms with E-state index >= 15 is 0 Å². The molecule has 0 spiro atoms. The Morgan fingerprint density at radius 2 is 1.65 bits per heavy atom. The van der Waals surface area contributed by atoms with Crippen molar-refractivity contribution in [2.24, 2.45) is 23.2 Å². The summed E-state index contributed by atoms with van der Waals surface area (Å²) < 4.78 is 5.25. The molecule has 1 aromatic carbocycles. The fourth-order valence-electron chi connectivity index (χ4n) is 5.66. The van der Waals surface area contributed by atoms with Crippen LogP contribution in [0.2, 0.25) is 0 Å². The number of methoxy groups -OCH3 is 1. The van der Waals surface area contributed by atoms with Gasteiger partial charge in [0.2, 0.25) is 5.91 Å². The zero-order chi connectivity index (χ0) is 18.1. The predicted octanol–water partition coefficient (Wildman–Crippen LogP) is 2.47. The second-order valence-corrected chi connectivity index (χ2v) is 8.25. The molecule has 1 aromatic rings. The number of benzene rings is 1. The Bertz CT molecular complexity index is 668. The van der Waals surface area contributed by atoms with Crippen molar-refractivity contribution < 1.29 is 14.3 Å². The second kappa shape index (κ2) is 6.82. The van der Waals surface area contributed by atoms with Crippen LogP contribution in [0.25, 0.3) is 0 Å². The van der Waals surface area contributed by atoms with Gasteiger partial charge in [0.25, 0.3) is 5.91 Å². The maximum absolute atomic E-state index is 12.8. The number of nitrogens with one attached hydrogen (secondary N) is 3. The third-order valence-corrected chi connectivity index (χ3v) is 6.38. The Morgan fingerprint density at radius 1 is 1.04 bits per heavy atom. The van der Waals surface area contributed by atoms with Crippen molar-refractivity contribution in [1.29, 1.82) is 0 Å². The topological polar surface area (TPSA) is 79.5 Å². The van der Waals surface area contributed by atoms with E-state index in [4.69, 9.17) is 4.74 Å². The van der Waals surface area contributed by atoms with Crippen molar-refractivity contribution in [2.75, 3.05) is 19.0 Å². The Labute approximate surface area is 154 Å². The molecule has 4 saturated carbocycles. The van der Waals surface area contributed by atoms with Crippen LogP contribution >= 0.6 is 0 Å². The molecule has 3 N–H and O–H groups in total.